The van der Waals surface area contributed by atoms with Gasteiger partial charge in [0.2, 0.25) is 0 Å². The molecule has 0 bridgehead atoms. The van der Waals surface area contributed by atoms with Crippen molar-refractivity contribution in [2.45, 2.75) is 6.92 Å². The summed E-state index contributed by atoms with van der Waals surface area (Å²) in [4.78, 5) is 11.0. The number of carbonyl (C=O) groups excluding carboxylic acids is 1. The lowest BCUT2D eigenvalue weighted by Crippen LogP contribution is -2.07. The minimum Gasteiger partial charge on any atom is -0.485 e. The van der Waals surface area contributed by atoms with Gasteiger partial charge in [-0.15, -0.1) is 0 Å². The van der Waals surface area contributed by atoms with Crippen LogP contribution in [-0.2, 0) is 4.79 Å². The molecule has 0 unspecified atom stereocenters. The zero-order valence-electron chi connectivity index (χ0n) is 7.87. The first kappa shape index (κ1) is 10.8. The molecular weight excluding hydrogens is 200 g/mol. The van der Waals surface area contributed by atoms with Gasteiger partial charge in [0, 0.05) is 5.54 Å². The van der Waals surface area contributed by atoms with Crippen molar-refractivity contribution in [2.24, 2.45) is 0 Å². The molecule has 0 saturated carbocycles. The molecular formula is C11H11ClO2. The number of hydrogen-bond acceptors (Lipinski definition) is 2. The highest BCUT2D eigenvalue weighted by molar-refractivity contribution is 6.26. The summed E-state index contributed by atoms with van der Waals surface area (Å²) in [6.07, 6.45) is 1.28. The van der Waals surface area contributed by atoms with Crippen molar-refractivity contribution < 1.29 is 9.53 Å². The van der Waals surface area contributed by atoms with Crippen LogP contribution in [0.2, 0.25) is 0 Å². The van der Waals surface area contributed by atoms with E-state index in [1.54, 1.807) is 0 Å². The second kappa shape index (κ2) is 5.45. The maximum absolute atomic E-state index is 11.0. The predicted octanol–water partition coefficient (Wildman–Crippen LogP) is 2.70. The van der Waals surface area contributed by atoms with Crippen LogP contribution in [0.1, 0.15) is 5.56 Å². The second-order valence-electron chi connectivity index (χ2n) is 2.86. The van der Waals surface area contributed by atoms with Crippen LogP contribution in [0, 0.1) is 6.92 Å². The van der Waals surface area contributed by atoms with Crippen molar-refractivity contribution in [3.63, 3.8) is 0 Å². The maximum atomic E-state index is 11.0. The molecule has 0 aliphatic heterocycles. The summed E-state index contributed by atoms with van der Waals surface area (Å²) >= 11 is 5.25. The number of benzene rings is 1. The molecule has 1 aromatic rings. The molecule has 0 aliphatic rings. The monoisotopic (exact) mass is 210 g/mol. The van der Waals surface area contributed by atoms with Crippen molar-refractivity contribution in [3.8, 4) is 5.75 Å². The van der Waals surface area contributed by atoms with Gasteiger partial charge < -0.3 is 4.74 Å². The molecule has 3 heteroatoms. The van der Waals surface area contributed by atoms with E-state index in [1.165, 1.54) is 11.6 Å². The van der Waals surface area contributed by atoms with Crippen molar-refractivity contribution in [2.75, 3.05) is 6.61 Å². The van der Waals surface area contributed by atoms with Crippen LogP contribution < -0.4 is 4.74 Å². The zero-order valence-corrected chi connectivity index (χ0v) is 8.62. The third-order valence-electron chi connectivity index (χ3n) is 1.62. The van der Waals surface area contributed by atoms with Gasteiger partial charge in [0.25, 0.3) is 0 Å². The van der Waals surface area contributed by atoms with Crippen LogP contribution in [0.25, 0.3) is 0 Å². The SMILES string of the molecule is Cc1cccc(OCC(=O)/C=C/Cl)c1. The van der Waals surface area contributed by atoms with Crippen molar-refractivity contribution in [1.82, 2.24) is 0 Å². The number of aryl methyl sites for hydroxylation is 1. The molecule has 0 atom stereocenters. The van der Waals surface area contributed by atoms with E-state index in [1.807, 2.05) is 31.2 Å². The second-order valence-corrected chi connectivity index (χ2v) is 3.12. The molecule has 0 N–H and O–H groups in total. The molecule has 1 aromatic carbocycles. The lowest BCUT2D eigenvalue weighted by atomic mass is 10.2. The van der Waals surface area contributed by atoms with Crippen molar-refractivity contribution >= 4 is 17.4 Å². The third kappa shape index (κ3) is 3.62. The van der Waals surface area contributed by atoms with Gasteiger partial charge in [0.15, 0.2) is 12.4 Å². The zero-order chi connectivity index (χ0) is 10.4. The summed E-state index contributed by atoms with van der Waals surface area (Å²) in [6.45, 7) is 1.99. The van der Waals surface area contributed by atoms with Crippen LogP contribution in [-0.4, -0.2) is 12.4 Å². The van der Waals surface area contributed by atoms with Crippen LogP contribution in [0.3, 0.4) is 0 Å². The first-order valence-electron chi connectivity index (χ1n) is 4.21. The summed E-state index contributed by atoms with van der Waals surface area (Å²) < 4.78 is 5.24. The Hall–Kier alpha value is -1.28. The molecule has 14 heavy (non-hydrogen) atoms. The summed E-state index contributed by atoms with van der Waals surface area (Å²) in [7, 11) is 0. The first-order valence-corrected chi connectivity index (χ1v) is 4.65. The Morgan fingerprint density at radius 2 is 2.36 bits per heavy atom. The van der Waals surface area contributed by atoms with Crippen molar-refractivity contribution in [3.05, 3.63) is 41.4 Å². The Balaban J connectivity index is 2.49. The number of rotatable bonds is 4. The van der Waals surface area contributed by atoms with Gasteiger partial charge >= 0.3 is 0 Å². The van der Waals surface area contributed by atoms with Crippen LogP contribution in [0.15, 0.2) is 35.9 Å². The molecule has 0 aliphatic carbocycles. The van der Waals surface area contributed by atoms with Gasteiger partial charge in [0.1, 0.15) is 5.75 Å². The fraction of sp³-hybridized carbons (Fsp3) is 0.182. The van der Waals surface area contributed by atoms with Gasteiger partial charge in [-0.3, -0.25) is 4.79 Å². The summed E-state index contributed by atoms with van der Waals surface area (Å²) in [5, 5.41) is 0. The normalized spacial score (nSPS) is 10.4. The average molecular weight is 211 g/mol. The number of halogens is 1. The quantitative estimate of drug-likeness (QED) is 0.715. The molecule has 0 fully saturated rings. The minimum absolute atomic E-state index is 0.0205. The van der Waals surface area contributed by atoms with Crippen LogP contribution in [0.5, 0.6) is 5.75 Å². The highest BCUT2D eigenvalue weighted by Gasteiger charge is 1.98. The average Bonchev–Trinajstić information content (AvgIpc) is 2.15. The number of ketones is 1. The van der Waals surface area contributed by atoms with E-state index >= 15 is 0 Å². The molecule has 0 radical (unpaired) electrons. The van der Waals surface area contributed by atoms with Crippen molar-refractivity contribution in [1.29, 1.82) is 0 Å². The predicted molar refractivity (Wildman–Crippen MR) is 56.7 cm³/mol. The fourth-order valence-corrected chi connectivity index (χ4v) is 1.12. The molecule has 0 spiro atoms. The van der Waals surface area contributed by atoms with E-state index in [9.17, 15) is 4.79 Å². The van der Waals surface area contributed by atoms with Crippen LogP contribution >= 0.6 is 11.6 Å². The van der Waals surface area contributed by atoms with Gasteiger partial charge in [-0.1, -0.05) is 23.7 Å². The maximum Gasteiger partial charge on any atom is 0.193 e. The summed E-state index contributed by atoms with van der Waals surface area (Å²) in [5.41, 5.74) is 2.28. The molecule has 74 valence electrons. The van der Waals surface area contributed by atoms with Gasteiger partial charge in [0.05, 0.1) is 0 Å². The third-order valence-corrected chi connectivity index (χ3v) is 1.75. The van der Waals surface area contributed by atoms with Gasteiger partial charge in [-0.25, -0.2) is 0 Å². The van der Waals surface area contributed by atoms with E-state index in [2.05, 4.69) is 0 Å². The van der Waals surface area contributed by atoms with E-state index in [0.29, 0.717) is 5.75 Å². The molecule has 0 saturated heterocycles. The Kier molecular flexibility index (Phi) is 4.20. The smallest absolute Gasteiger partial charge is 0.193 e. The molecule has 0 amide bonds. The summed E-state index contributed by atoms with van der Waals surface area (Å²) in [5.74, 6) is 0.544. The Bertz CT molecular complexity index is 345. The molecule has 0 aromatic heterocycles. The molecule has 2 nitrogen and oxygen atoms in total. The lowest BCUT2D eigenvalue weighted by Gasteiger charge is -2.03. The Labute approximate surface area is 88.1 Å². The Morgan fingerprint density at radius 3 is 3.00 bits per heavy atom. The highest BCUT2D eigenvalue weighted by Crippen LogP contribution is 2.11. The standard InChI is InChI=1S/C11H11ClO2/c1-9-3-2-4-11(7-9)14-8-10(13)5-6-12/h2-7H,8H2,1H3/b6-5+. The largest absolute Gasteiger partial charge is 0.485 e. The topological polar surface area (TPSA) is 26.3 Å². The van der Waals surface area contributed by atoms with E-state index in [0.717, 1.165) is 5.56 Å². The number of ether oxygens (including phenoxy) is 1. The summed E-state index contributed by atoms with van der Waals surface area (Å²) in [6, 6.07) is 7.53. The minimum atomic E-state index is -0.151. The van der Waals surface area contributed by atoms with Gasteiger partial charge in [-0.2, -0.15) is 0 Å². The van der Waals surface area contributed by atoms with Crippen LogP contribution in [0.4, 0.5) is 0 Å². The molecule has 0 heterocycles. The van der Waals surface area contributed by atoms with E-state index < -0.39 is 0 Å². The van der Waals surface area contributed by atoms with E-state index in [4.69, 9.17) is 16.3 Å². The first-order chi connectivity index (χ1) is 6.72. The highest BCUT2D eigenvalue weighted by atomic mass is 35.5. The fourth-order valence-electron chi connectivity index (χ4n) is 0.978. The van der Waals surface area contributed by atoms with Gasteiger partial charge in [-0.05, 0) is 30.7 Å². The number of carbonyl (C=O) groups is 1. The Morgan fingerprint density at radius 1 is 1.57 bits per heavy atom. The lowest BCUT2D eigenvalue weighted by molar-refractivity contribution is -0.116. The number of hydrogen-bond donors (Lipinski definition) is 0. The molecule has 1 rings (SSSR count). The van der Waals surface area contributed by atoms with E-state index in [-0.39, 0.29) is 12.4 Å².